The van der Waals surface area contributed by atoms with Crippen LogP contribution in [0.2, 0.25) is 0 Å². The Kier molecular flexibility index (Phi) is 6.91. The van der Waals surface area contributed by atoms with E-state index in [-0.39, 0.29) is 23.1 Å². The molecule has 1 saturated heterocycles. The summed E-state index contributed by atoms with van der Waals surface area (Å²) in [5.41, 5.74) is 3.27. The average molecular weight is 408 g/mol. The highest BCUT2D eigenvalue weighted by Crippen LogP contribution is 2.25. The molecule has 0 saturated carbocycles. The molecule has 1 aliphatic heterocycles. The van der Waals surface area contributed by atoms with E-state index in [4.69, 9.17) is 0 Å². The highest BCUT2D eigenvalue weighted by Gasteiger charge is 2.32. The fraction of sp³-hybridized carbons (Fsp3) is 0.480. The second-order valence-corrected chi connectivity index (χ2v) is 9.33. The van der Waals surface area contributed by atoms with E-state index in [0.717, 1.165) is 16.7 Å². The maximum atomic E-state index is 13.2. The molecule has 0 unspecified atom stereocenters. The van der Waals surface area contributed by atoms with E-state index in [1.807, 2.05) is 34.9 Å². The topological polar surface area (TPSA) is 53.5 Å². The molecule has 2 amide bonds. The average Bonchev–Trinajstić information content (AvgIpc) is 2.87. The molecule has 0 aliphatic carbocycles. The lowest BCUT2D eigenvalue weighted by molar-refractivity contribution is -0.135. The van der Waals surface area contributed by atoms with Crippen LogP contribution in [0.1, 0.15) is 39.7 Å². The molecule has 30 heavy (non-hydrogen) atoms. The molecule has 0 N–H and O–H groups in total. The summed E-state index contributed by atoms with van der Waals surface area (Å²) in [6.45, 7) is 10.6. The minimum absolute atomic E-state index is 0.0633. The van der Waals surface area contributed by atoms with Gasteiger partial charge >= 0.3 is 0 Å². The van der Waals surface area contributed by atoms with Crippen LogP contribution in [-0.4, -0.2) is 52.8 Å². The molecule has 2 heterocycles. The Balaban J connectivity index is 1.81. The van der Waals surface area contributed by atoms with Gasteiger partial charge in [0.15, 0.2) is 0 Å². The second kappa shape index (κ2) is 9.41. The van der Waals surface area contributed by atoms with Gasteiger partial charge in [0.25, 0.3) is 0 Å². The highest BCUT2D eigenvalue weighted by molar-refractivity contribution is 5.82. The molecule has 1 fully saturated rings. The second-order valence-electron chi connectivity index (χ2n) is 9.33. The van der Waals surface area contributed by atoms with Crippen LogP contribution < -0.4 is 0 Å². The number of hydrogen-bond donors (Lipinski definition) is 0. The molecule has 1 aliphatic rings. The van der Waals surface area contributed by atoms with Crippen LogP contribution in [0.5, 0.6) is 0 Å². The van der Waals surface area contributed by atoms with Crippen molar-refractivity contribution in [1.29, 1.82) is 0 Å². The van der Waals surface area contributed by atoms with Gasteiger partial charge in [0, 0.05) is 45.0 Å². The summed E-state index contributed by atoms with van der Waals surface area (Å²) in [5.74, 6) is 0.0747. The summed E-state index contributed by atoms with van der Waals surface area (Å²) in [6.07, 6.45) is 4.70. The van der Waals surface area contributed by atoms with Gasteiger partial charge in [-0.3, -0.25) is 14.6 Å². The first-order chi connectivity index (χ1) is 14.3. The van der Waals surface area contributed by atoms with Crippen molar-refractivity contribution in [3.63, 3.8) is 0 Å². The highest BCUT2D eigenvalue weighted by atomic mass is 16.2. The van der Waals surface area contributed by atoms with Crippen molar-refractivity contribution in [2.24, 2.45) is 11.3 Å². The summed E-state index contributed by atoms with van der Waals surface area (Å²) in [7, 11) is 0. The summed E-state index contributed by atoms with van der Waals surface area (Å²) in [4.78, 5) is 33.9. The summed E-state index contributed by atoms with van der Waals surface area (Å²) < 4.78 is 0. The minimum Gasteiger partial charge on any atom is -0.341 e. The third-order valence-electron chi connectivity index (χ3n) is 5.58. The van der Waals surface area contributed by atoms with Crippen molar-refractivity contribution in [1.82, 2.24) is 14.8 Å². The zero-order chi connectivity index (χ0) is 21.7. The van der Waals surface area contributed by atoms with Crippen LogP contribution in [-0.2, 0) is 16.0 Å². The molecular weight excluding hydrogens is 374 g/mol. The van der Waals surface area contributed by atoms with Crippen LogP contribution >= 0.6 is 0 Å². The van der Waals surface area contributed by atoms with Gasteiger partial charge in [-0.05, 0) is 47.6 Å². The SMILES string of the molecule is CCN1CCN(C(=O)CC(C)(C)C)C[C@H](Cc2cccc(-c3ccncc3)c2)C1=O. The zero-order valence-corrected chi connectivity index (χ0v) is 18.6. The number of carbonyl (C=O) groups excluding carboxylic acids is 2. The first-order valence-corrected chi connectivity index (χ1v) is 10.8. The van der Waals surface area contributed by atoms with Gasteiger partial charge in [0.1, 0.15) is 0 Å². The van der Waals surface area contributed by atoms with Crippen LogP contribution in [0.3, 0.4) is 0 Å². The third kappa shape index (κ3) is 5.68. The molecule has 5 nitrogen and oxygen atoms in total. The maximum Gasteiger partial charge on any atom is 0.227 e. The van der Waals surface area contributed by atoms with E-state index < -0.39 is 0 Å². The van der Waals surface area contributed by atoms with Gasteiger partial charge in [-0.15, -0.1) is 0 Å². The Labute approximate surface area is 180 Å². The number of hydrogen-bond acceptors (Lipinski definition) is 3. The van der Waals surface area contributed by atoms with Crippen LogP contribution in [0, 0.1) is 11.3 Å². The van der Waals surface area contributed by atoms with Crippen molar-refractivity contribution < 1.29 is 9.59 Å². The molecule has 1 atom stereocenters. The fourth-order valence-electron chi connectivity index (χ4n) is 4.01. The number of aromatic nitrogens is 1. The molecule has 1 aromatic heterocycles. The Morgan fingerprint density at radius 3 is 2.50 bits per heavy atom. The number of amides is 2. The summed E-state index contributed by atoms with van der Waals surface area (Å²) in [6, 6.07) is 12.3. The van der Waals surface area contributed by atoms with E-state index in [0.29, 0.717) is 39.0 Å². The lowest BCUT2D eigenvalue weighted by Crippen LogP contribution is -2.38. The molecule has 160 valence electrons. The van der Waals surface area contributed by atoms with Crippen molar-refractivity contribution in [2.75, 3.05) is 26.2 Å². The van der Waals surface area contributed by atoms with Gasteiger partial charge in [0.2, 0.25) is 11.8 Å². The third-order valence-corrected chi connectivity index (χ3v) is 5.58. The predicted molar refractivity (Wildman–Crippen MR) is 120 cm³/mol. The Morgan fingerprint density at radius 1 is 1.10 bits per heavy atom. The Morgan fingerprint density at radius 2 is 1.83 bits per heavy atom. The van der Waals surface area contributed by atoms with Gasteiger partial charge in [-0.2, -0.15) is 0 Å². The number of benzene rings is 1. The molecule has 3 rings (SSSR count). The standard InChI is InChI=1S/C25H33N3O2/c1-5-27-13-14-28(23(29)17-25(2,3)4)18-22(24(27)30)16-19-7-6-8-21(15-19)20-9-11-26-12-10-20/h6-12,15,22H,5,13-14,16-18H2,1-4H3/t22-/m0/s1. The molecule has 0 bridgehead atoms. The molecule has 2 aromatic rings. The van der Waals surface area contributed by atoms with Crippen molar-refractivity contribution in [2.45, 2.75) is 40.5 Å². The van der Waals surface area contributed by atoms with Gasteiger partial charge < -0.3 is 9.80 Å². The van der Waals surface area contributed by atoms with E-state index in [9.17, 15) is 9.59 Å². The van der Waals surface area contributed by atoms with Gasteiger partial charge in [-0.1, -0.05) is 45.0 Å². The molecular formula is C25H33N3O2. The van der Waals surface area contributed by atoms with E-state index in [1.54, 1.807) is 12.4 Å². The van der Waals surface area contributed by atoms with Gasteiger partial charge in [0.05, 0.1) is 5.92 Å². The Bertz CT molecular complexity index is 873. The van der Waals surface area contributed by atoms with E-state index >= 15 is 0 Å². The molecule has 0 radical (unpaired) electrons. The summed E-state index contributed by atoms with van der Waals surface area (Å²) >= 11 is 0. The fourth-order valence-corrected chi connectivity index (χ4v) is 4.01. The number of carbonyl (C=O) groups is 2. The van der Waals surface area contributed by atoms with E-state index in [1.165, 1.54) is 0 Å². The van der Waals surface area contributed by atoms with E-state index in [2.05, 4.69) is 44.0 Å². The first kappa shape index (κ1) is 22.0. The normalized spacial score (nSPS) is 17.7. The lowest BCUT2D eigenvalue weighted by atomic mass is 9.91. The minimum atomic E-state index is -0.218. The van der Waals surface area contributed by atoms with Gasteiger partial charge in [-0.25, -0.2) is 0 Å². The maximum absolute atomic E-state index is 13.2. The molecule has 5 heteroatoms. The lowest BCUT2D eigenvalue weighted by Gasteiger charge is -2.27. The summed E-state index contributed by atoms with van der Waals surface area (Å²) in [5, 5.41) is 0. The van der Waals surface area contributed by atoms with Crippen LogP contribution in [0.4, 0.5) is 0 Å². The monoisotopic (exact) mass is 407 g/mol. The quantitative estimate of drug-likeness (QED) is 0.752. The molecule has 0 spiro atoms. The number of likely N-dealkylation sites (N-methyl/N-ethyl adjacent to an activating group) is 1. The van der Waals surface area contributed by atoms with Crippen LogP contribution in [0.15, 0.2) is 48.8 Å². The van der Waals surface area contributed by atoms with Crippen molar-refractivity contribution in [3.05, 3.63) is 54.4 Å². The van der Waals surface area contributed by atoms with Crippen LogP contribution in [0.25, 0.3) is 11.1 Å². The van der Waals surface area contributed by atoms with Crippen molar-refractivity contribution >= 4 is 11.8 Å². The smallest absolute Gasteiger partial charge is 0.227 e. The Hall–Kier alpha value is -2.69. The number of nitrogens with zero attached hydrogens (tertiary/aromatic N) is 3. The predicted octanol–water partition coefficient (Wildman–Crippen LogP) is 4.03. The molecule has 1 aromatic carbocycles. The first-order valence-electron chi connectivity index (χ1n) is 10.8. The van der Waals surface area contributed by atoms with Crippen molar-refractivity contribution in [3.8, 4) is 11.1 Å². The number of rotatable bonds is 5. The largest absolute Gasteiger partial charge is 0.341 e. The zero-order valence-electron chi connectivity index (χ0n) is 18.6. The number of pyridine rings is 1.